The zero-order valence-electron chi connectivity index (χ0n) is 19.0. The molecule has 0 bridgehead atoms. The normalized spacial score (nSPS) is 11.0. The summed E-state index contributed by atoms with van der Waals surface area (Å²) < 4.78 is 0.434. The number of aromatic nitrogens is 3. The molecule has 0 spiro atoms. The standard InChI is InChI=1S/C25H26N6O3/c1-30(2)14-13-27-24(32)18-9-5-8-17(15-18)20-10-4-3-7-19(20)16-28-22-21-11-6-12-26-23(21)31(34)25(33)29-22/h3-12,15,34H,13-14,16H2,1-2H3,(H,27,32)(H,28,29,33). The SMILES string of the molecule is CN(C)CCNC(=O)c1cccc(-c2ccccc2CNc2nc(=O)n(O)c3ncccc23)c1. The fourth-order valence-electron chi connectivity index (χ4n) is 3.64. The van der Waals surface area contributed by atoms with Crippen molar-refractivity contribution in [2.45, 2.75) is 6.54 Å². The number of rotatable bonds is 8. The van der Waals surface area contributed by atoms with E-state index in [-0.39, 0.29) is 11.6 Å². The Morgan fingerprint density at radius 3 is 2.74 bits per heavy atom. The Balaban J connectivity index is 1.58. The number of amides is 1. The highest BCUT2D eigenvalue weighted by atomic mass is 16.5. The molecule has 2 aromatic carbocycles. The number of benzene rings is 2. The van der Waals surface area contributed by atoms with Crippen molar-refractivity contribution >= 4 is 22.8 Å². The zero-order chi connectivity index (χ0) is 24.1. The number of carbonyl (C=O) groups excluding carboxylic acids is 1. The van der Waals surface area contributed by atoms with E-state index in [1.807, 2.05) is 61.5 Å². The van der Waals surface area contributed by atoms with Crippen LogP contribution < -0.4 is 16.3 Å². The summed E-state index contributed by atoms with van der Waals surface area (Å²) in [6, 6.07) is 18.7. The van der Waals surface area contributed by atoms with Crippen LogP contribution in [0.3, 0.4) is 0 Å². The summed E-state index contributed by atoms with van der Waals surface area (Å²) in [5.74, 6) is 0.217. The van der Waals surface area contributed by atoms with Crippen molar-refractivity contribution in [2.75, 3.05) is 32.5 Å². The van der Waals surface area contributed by atoms with Gasteiger partial charge in [-0.2, -0.15) is 4.98 Å². The van der Waals surface area contributed by atoms with Crippen molar-refractivity contribution in [3.8, 4) is 11.1 Å². The van der Waals surface area contributed by atoms with Crippen LogP contribution in [0.1, 0.15) is 15.9 Å². The van der Waals surface area contributed by atoms with Gasteiger partial charge in [0.25, 0.3) is 5.91 Å². The van der Waals surface area contributed by atoms with Crippen LogP contribution in [0.4, 0.5) is 5.82 Å². The third kappa shape index (κ3) is 5.05. The zero-order valence-corrected chi connectivity index (χ0v) is 19.0. The van der Waals surface area contributed by atoms with Gasteiger partial charge in [0.2, 0.25) is 0 Å². The maximum Gasteiger partial charge on any atom is 0.384 e. The molecule has 2 aromatic heterocycles. The molecular weight excluding hydrogens is 432 g/mol. The lowest BCUT2D eigenvalue weighted by Gasteiger charge is -2.14. The number of pyridine rings is 1. The van der Waals surface area contributed by atoms with E-state index in [1.165, 1.54) is 6.20 Å². The minimum Gasteiger partial charge on any atom is -0.422 e. The van der Waals surface area contributed by atoms with E-state index < -0.39 is 5.69 Å². The van der Waals surface area contributed by atoms with Gasteiger partial charge < -0.3 is 20.7 Å². The van der Waals surface area contributed by atoms with Crippen LogP contribution in [0.15, 0.2) is 71.7 Å². The predicted molar refractivity (Wildman–Crippen MR) is 131 cm³/mol. The smallest absolute Gasteiger partial charge is 0.384 e. The summed E-state index contributed by atoms with van der Waals surface area (Å²) in [4.78, 5) is 34.7. The molecule has 3 N–H and O–H groups in total. The van der Waals surface area contributed by atoms with E-state index in [4.69, 9.17) is 0 Å². The van der Waals surface area contributed by atoms with E-state index in [0.29, 0.717) is 34.6 Å². The van der Waals surface area contributed by atoms with Gasteiger partial charge in [0.1, 0.15) is 5.82 Å². The van der Waals surface area contributed by atoms with Crippen LogP contribution in [0.2, 0.25) is 0 Å². The third-order valence-electron chi connectivity index (χ3n) is 5.38. The van der Waals surface area contributed by atoms with Crippen molar-refractivity contribution in [3.63, 3.8) is 0 Å². The maximum atomic E-state index is 12.6. The number of nitrogens with one attached hydrogen (secondary N) is 2. The van der Waals surface area contributed by atoms with Gasteiger partial charge in [-0.05, 0) is 55.1 Å². The molecule has 2 heterocycles. The average molecular weight is 459 g/mol. The molecule has 0 atom stereocenters. The molecular formula is C25H26N6O3. The molecule has 174 valence electrons. The molecule has 0 aliphatic carbocycles. The van der Waals surface area contributed by atoms with Gasteiger partial charge in [0, 0.05) is 31.4 Å². The second-order valence-corrected chi connectivity index (χ2v) is 8.08. The summed E-state index contributed by atoms with van der Waals surface area (Å²) in [6.07, 6.45) is 1.50. The molecule has 0 aliphatic rings. The molecule has 4 rings (SSSR count). The Labute approximate surface area is 196 Å². The summed E-state index contributed by atoms with van der Waals surface area (Å²) in [6.45, 7) is 1.71. The van der Waals surface area contributed by atoms with Gasteiger partial charge in [-0.1, -0.05) is 36.4 Å². The second kappa shape index (κ2) is 10.1. The lowest BCUT2D eigenvalue weighted by atomic mass is 9.98. The first kappa shape index (κ1) is 22.9. The van der Waals surface area contributed by atoms with Crippen molar-refractivity contribution in [2.24, 2.45) is 0 Å². The number of fused-ring (bicyclic) bond motifs is 1. The fraction of sp³-hybridized carbons (Fsp3) is 0.200. The van der Waals surface area contributed by atoms with E-state index in [2.05, 4.69) is 20.6 Å². The number of anilines is 1. The lowest BCUT2D eigenvalue weighted by molar-refractivity contribution is 0.0951. The van der Waals surface area contributed by atoms with Gasteiger partial charge in [-0.25, -0.2) is 9.78 Å². The maximum absolute atomic E-state index is 12.6. The Morgan fingerprint density at radius 1 is 1.09 bits per heavy atom. The van der Waals surface area contributed by atoms with E-state index >= 15 is 0 Å². The molecule has 34 heavy (non-hydrogen) atoms. The summed E-state index contributed by atoms with van der Waals surface area (Å²) in [5.41, 5.74) is 2.73. The summed E-state index contributed by atoms with van der Waals surface area (Å²) >= 11 is 0. The quantitative estimate of drug-likeness (QED) is 0.348. The Hall–Kier alpha value is -4.24. The Kier molecular flexibility index (Phi) is 6.84. The van der Waals surface area contributed by atoms with Gasteiger partial charge >= 0.3 is 5.69 Å². The fourth-order valence-corrected chi connectivity index (χ4v) is 3.64. The molecule has 0 saturated carbocycles. The van der Waals surface area contributed by atoms with Crippen LogP contribution in [0.25, 0.3) is 22.2 Å². The van der Waals surface area contributed by atoms with Gasteiger partial charge in [0.15, 0.2) is 5.65 Å². The van der Waals surface area contributed by atoms with Crippen LogP contribution in [-0.4, -0.2) is 57.9 Å². The van der Waals surface area contributed by atoms with Crippen LogP contribution in [0.5, 0.6) is 0 Å². The van der Waals surface area contributed by atoms with E-state index in [0.717, 1.165) is 23.2 Å². The molecule has 0 unspecified atom stereocenters. The van der Waals surface area contributed by atoms with Gasteiger partial charge in [-0.3, -0.25) is 4.79 Å². The minimum absolute atomic E-state index is 0.118. The third-order valence-corrected chi connectivity index (χ3v) is 5.38. The topological polar surface area (TPSA) is 112 Å². The molecule has 0 radical (unpaired) electrons. The highest BCUT2D eigenvalue weighted by Crippen LogP contribution is 2.26. The van der Waals surface area contributed by atoms with Gasteiger partial charge in [-0.15, -0.1) is 4.73 Å². The Morgan fingerprint density at radius 2 is 1.91 bits per heavy atom. The highest BCUT2D eigenvalue weighted by molar-refractivity contribution is 5.95. The highest BCUT2D eigenvalue weighted by Gasteiger charge is 2.13. The monoisotopic (exact) mass is 458 g/mol. The first-order valence-electron chi connectivity index (χ1n) is 10.9. The molecule has 0 aliphatic heterocycles. The minimum atomic E-state index is -0.810. The molecule has 9 heteroatoms. The van der Waals surface area contributed by atoms with E-state index in [1.54, 1.807) is 18.2 Å². The van der Waals surface area contributed by atoms with Crippen LogP contribution in [-0.2, 0) is 6.54 Å². The van der Waals surface area contributed by atoms with E-state index in [9.17, 15) is 14.8 Å². The second-order valence-electron chi connectivity index (χ2n) is 8.08. The summed E-state index contributed by atoms with van der Waals surface area (Å²) in [7, 11) is 3.92. The molecule has 1 amide bonds. The average Bonchev–Trinajstić information content (AvgIpc) is 2.85. The molecule has 9 nitrogen and oxygen atoms in total. The van der Waals surface area contributed by atoms with Crippen molar-refractivity contribution in [1.82, 2.24) is 24.9 Å². The van der Waals surface area contributed by atoms with Crippen molar-refractivity contribution < 1.29 is 10.0 Å². The molecule has 0 fully saturated rings. The lowest BCUT2D eigenvalue weighted by Crippen LogP contribution is -2.31. The first-order valence-corrected chi connectivity index (χ1v) is 10.9. The van der Waals surface area contributed by atoms with Crippen LogP contribution >= 0.6 is 0 Å². The molecule has 0 saturated heterocycles. The Bertz CT molecular complexity index is 1380. The number of likely N-dealkylation sites (N-methyl/N-ethyl adjacent to an activating group) is 1. The number of nitrogens with zero attached hydrogens (tertiary/aromatic N) is 4. The molecule has 4 aromatic rings. The van der Waals surface area contributed by atoms with Crippen molar-refractivity contribution in [1.29, 1.82) is 0 Å². The van der Waals surface area contributed by atoms with Crippen molar-refractivity contribution in [3.05, 3.63) is 88.5 Å². The van der Waals surface area contributed by atoms with Gasteiger partial charge in [0.05, 0.1) is 5.39 Å². The number of carbonyl (C=O) groups is 1. The number of hydrogen-bond donors (Lipinski definition) is 3. The largest absolute Gasteiger partial charge is 0.422 e. The summed E-state index contributed by atoms with van der Waals surface area (Å²) in [5, 5.41) is 16.6. The predicted octanol–water partition coefficient (Wildman–Crippen LogP) is 2.60. The first-order chi connectivity index (χ1) is 16.4. The number of hydrogen-bond acceptors (Lipinski definition) is 7. The van der Waals surface area contributed by atoms with Crippen LogP contribution in [0, 0.1) is 0 Å².